The highest BCUT2D eigenvalue weighted by atomic mass is 16.7. The van der Waals surface area contributed by atoms with Crippen molar-refractivity contribution in [1.82, 2.24) is 4.90 Å². The summed E-state index contributed by atoms with van der Waals surface area (Å²) in [5.41, 5.74) is 1.36. The van der Waals surface area contributed by atoms with Crippen molar-refractivity contribution in [3.05, 3.63) is 35.9 Å². The van der Waals surface area contributed by atoms with Crippen LogP contribution < -0.4 is 0 Å². The molecule has 98 valence electrons. The standard InChI is InChI=1S/C15H21NO2/c1-16-9-5-8-15(17-10-11-18-15)14(16)12-13-6-3-2-4-7-13/h2-4,6-7,14H,5,8-12H2,1H3. The summed E-state index contributed by atoms with van der Waals surface area (Å²) in [5.74, 6) is -0.358. The van der Waals surface area contributed by atoms with Gasteiger partial charge in [-0.25, -0.2) is 0 Å². The minimum Gasteiger partial charge on any atom is -0.346 e. The first-order chi connectivity index (χ1) is 8.80. The van der Waals surface area contributed by atoms with E-state index in [1.165, 1.54) is 5.56 Å². The Morgan fingerprint density at radius 1 is 1.22 bits per heavy atom. The minimum absolute atomic E-state index is 0.330. The molecule has 2 saturated heterocycles. The van der Waals surface area contributed by atoms with Gasteiger partial charge in [-0.2, -0.15) is 0 Å². The Morgan fingerprint density at radius 2 is 1.94 bits per heavy atom. The van der Waals surface area contributed by atoms with E-state index in [0.717, 1.165) is 39.0 Å². The summed E-state index contributed by atoms with van der Waals surface area (Å²) in [6, 6.07) is 11.0. The van der Waals surface area contributed by atoms with E-state index in [0.29, 0.717) is 6.04 Å². The molecular formula is C15H21NO2. The van der Waals surface area contributed by atoms with E-state index < -0.39 is 0 Å². The predicted molar refractivity (Wildman–Crippen MR) is 70.4 cm³/mol. The monoisotopic (exact) mass is 247 g/mol. The molecule has 0 amide bonds. The van der Waals surface area contributed by atoms with Gasteiger partial charge in [-0.3, -0.25) is 4.90 Å². The van der Waals surface area contributed by atoms with Gasteiger partial charge in [0.2, 0.25) is 0 Å². The van der Waals surface area contributed by atoms with Crippen LogP contribution in [-0.4, -0.2) is 43.5 Å². The van der Waals surface area contributed by atoms with Gasteiger partial charge in [-0.1, -0.05) is 30.3 Å². The summed E-state index contributed by atoms with van der Waals surface area (Å²) in [6.07, 6.45) is 3.17. The van der Waals surface area contributed by atoms with Gasteiger partial charge in [0.15, 0.2) is 5.79 Å². The molecule has 1 spiro atoms. The predicted octanol–water partition coefficient (Wildman–Crippen LogP) is 2.07. The molecule has 0 aromatic heterocycles. The highest BCUT2D eigenvalue weighted by Gasteiger charge is 2.48. The van der Waals surface area contributed by atoms with E-state index in [1.54, 1.807) is 0 Å². The van der Waals surface area contributed by atoms with E-state index in [1.807, 2.05) is 0 Å². The van der Waals surface area contributed by atoms with Gasteiger partial charge in [0.25, 0.3) is 0 Å². The fourth-order valence-corrected chi connectivity index (χ4v) is 3.19. The Balaban J connectivity index is 1.81. The van der Waals surface area contributed by atoms with E-state index in [9.17, 15) is 0 Å². The highest BCUT2D eigenvalue weighted by Crippen LogP contribution is 2.36. The lowest BCUT2D eigenvalue weighted by Gasteiger charge is -2.45. The van der Waals surface area contributed by atoms with Crippen LogP contribution in [0, 0.1) is 0 Å². The fraction of sp³-hybridized carbons (Fsp3) is 0.600. The largest absolute Gasteiger partial charge is 0.346 e. The maximum atomic E-state index is 5.97. The molecule has 2 fully saturated rings. The molecule has 1 atom stereocenters. The normalized spacial score (nSPS) is 27.7. The first-order valence-corrected chi connectivity index (χ1v) is 6.82. The van der Waals surface area contributed by atoms with Crippen LogP contribution in [0.15, 0.2) is 30.3 Å². The molecule has 3 nitrogen and oxygen atoms in total. The molecule has 2 aliphatic heterocycles. The molecule has 1 unspecified atom stereocenters. The molecule has 1 aromatic carbocycles. The van der Waals surface area contributed by atoms with Crippen molar-refractivity contribution < 1.29 is 9.47 Å². The third-order valence-electron chi connectivity index (χ3n) is 4.12. The summed E-state index contributed by atoms with van der Waals surface area (Å²) < 4.78 is 11.9. The molecule has 2 heterocycles. The van der Waals surface area contributed by atoms with Gasteiger partial charge >= 0.3 is 0 Å². The SMILES string of the molecule is CN1CCCC2(OCCO2)C1Cc1ccccc1. The Bertz CT molecular complexity index is 387. The van der Waals surface area contributed by atoms with Gasteiger partial charge < -0.3 is 9.47 Å². The van der Waals surface area contributed by atoms with Crippen LogP contribution in [0.1, 0.15) is 18.4 Å². The van der Waals surface area contributed by atoms with Crippen molar-refractivity contribution in [1.29, 1.82) is 0 Å². The molecule has 0 aliphatic carbocycles. The topological polar surface area (TPSA) is 21.7 Å². The average molecular weight is 247 g/mol. The lowest BCUT2D eigenvalue weighted by Crippen LogP contribution is -2.57. The number of piperidine rings is 1. The van der Waals surface area contributed by atoms with E-state index in [2.05, 4.69) is 42.3 Å². The smallest absolute Gasteiger partial charge is 0.184 e. The number of ether oxygens (including phenoxy) is 2. The molecule has 0 saturated carbocycles. The number of likely N-dealkylation sites (N-methyl/N-ethyl adjacent to an activating group) is 1. The second kappa shape index (κ2) is 5.00. The Labute approximate surface area is 109 Å². The van der Waals surface area contributed by atoms with Crippen molar-refractivity contribution in [2.45, 2.75) is 31.1 Å². The molecule has 18 heavy (non-hydrogen) atoms. The van der Waals surface area contributed by atoms with Crippen molar-refractivity contribution in [2.24, 2.45) is 0 Å². The van der Waals surface area contributed by atoms with Crippen molar-refractivity contribution in [3.63, 3.8) is 0 Å². The first kappa shape index (κ1) is 12.2. The van der Waals surface area contributed by atoms with E-state index in [4.69, 9.17) is 9.47 Å². The quantitative estimate of drug-likeness (QED) is 0.798. The van der Waals surface area contributed by atoms with Gasteiger partial charge in [-0.05, 0) is 32.0 Å². The number of nitrogens with zero attached hydrogens (tertiary/aromatic N) is 1. The van der Waals surface area contributed by atoms with Crippen LogP contribution in [0.25, 0.3) is 0 Å². The lowest BCUT2D eigenvalue weighted by atomic mass is 9.90. The zero-order chi connectivity index (χ0) is 12.4. The van der Waals surface area contributed by atoms with Crippen molar-refractivity contribution in [2.75, 3.05) is 26.8 Å². The summed E-state index contributed by atoms with van der Waals surface area (Å²) >= 11 is 0. The third kappa shape index (κ3) is 2.18. The number of hydrogen-bond acceptors (Lipinski definition) is 3. The molecule has 3 rings (SSSR count). The third-order valence-corrected chi connectivity index (χ3v) is 4.12. The number of benzene rings is 1. The maximum Gasteiger partial charge on any atom is 0.184 e. The minimum atomic E-state index is -0.358. The maximum absolute atomic E-state index is 5.97. The van der Waals surface area contributed by atoms with Gasteiger partial charge in [0, 0.05) is 6.42 Å². The molecule has 0 radical (unpaired) electrons. The zero-order valence-corrected chi connectivity index (χ0v) is 11.0. The molecule has 3 heteroatoms. The molecule has 2 aliphatic rings. The fourth-order valence-electron chi connectivity index (χ4n) is 3.19. The highest BCUT2D eigenvalue weighted by molar-refractivity contribution is 5.17. The first-order valence-electron chi connectivity index (χ1n) is 6.82. The van der Waals surface area contributed by atoms with Gasteiger partial charge in [-0.15, -0.1) is 0 Å². The van der Waals surface area contributed by atoms with Crippen LogP contribution in [0.2, 0.25) is 0 Å². The zero-order valence-electron chi connectivity index (χ0n) is 11.0. The van der Waals surface area contributed by atoms with Gasteiger partial charge in [0.05, 0.1) is 19.3 Å². The Kier molecular flexibility index (Phi) is 3.37. The second-order valence-corrected chi connectivity index (χ2v) is 5.30. The molecular weight excluding hydrogens is 226 g/mol. The van der Waals surface area contributed by atoms with E-state index >= 15 is 0 Å². The number of likely N-dealkylation sites (tertiary alicyclic amines) is 1. The molecule has 0 N–H and O–H groups in total. The summed E-state index contributed by atoms with van der Waals surface area (Å²) in [7, 11) is 2.18. The number of hydrogen-bond donors (Lipinski definition) is 0. The number of rotatable bonds is 2. The van der Waals surface area contributed by atoms with Crippen LogP contribution in [0.3, 0.4) is 0 Å². The van der Waals surface area contributed by atoms with Crippen molar-refractivity contribution in [3.8, 4) is 0 Å². The summed E-state index contributed by atoms with van der Waals surface area (Å²) in [5, 5.41) is 0. The molecule has 0 bridgehead atoms. The second-order valence-electron chi connectivity index (χ2n) is 5.30. The average Bonchev–Trinajstić information content (AvgIpc) is 2.85. The summed E-state index contributed by atoms with van der Waals surface area (Å²) in [4.78, 5) is 2.39. The molecule has 1 aromatic rings. The Hall–Kier alpha value is -0.900. The van der Waals surface area contributed by atoms with E-state index in [-0.39, 0.29) is 5.79 Å². The van der Waals surface area contributed by atoms with Crippen LogP contribution in [-0.2, 0) is 15.9 Å². The van der Waals surface area contributed by atoms with Crippen LogP contribution in [0.5, 0.6) is 0 Å². The van der Waals surface area contributed by atoms with Crippen LogP contribution in [0.4, 0.5) is 0 Å². The lowest BCUT2D eigenvalue weighted by molar-refractivity contribution is -0.218. The van der Waals surface area contributed by atoms with Gasteiger partial charge in [0.1, 0.15) is 0 Å². The summed E-state index contributed by atoms with van der Waals surface area (Å²) in [6.45, 7) is 2.60. The Morgan fingerprint density at radius 3 is 2.67 bits per heavy atom. The van der Waals surface area contributed by atoms with Crippen LogP contribution >= 0.6 is 0 Å². The van der Waals surface area contributed by atoms with Crippen molar-refractivity contribution >= 4 is 0 Å².